The van der Waals surface area contributed by atoms with Gasteiger partial charge in [0.2, 0.25) is 0 Å². The highest BCUT2D eigenvalue weighted by Gasteiger charge is 2.23. The van der Waals surface area contributed by atoms with Crippen molar-refractivity contribution in [3.63, 3.8) is 0 Å². The molecule has 1 fully saturated rings. The summed E-state index contributed by atoms with van der Waals surface area (Å²) >= 11 is 0. The molecule has 2 heterocycles. The number of carbonyl (C=O) groups is 1. The lowest BCUT2D eigenvalue weighted by Gasteiger charge is -2.32. The predicted octanol–water partition coefficient (Wildman–Crippen LogP) is 1.50. The molecule has 2 aliphatic rings. The first-order valence-electron chi connectivity index (χ1n) is 12.4. The van der Waals surface area contributed by atoms with Gasteiger partial charge in [0.25, 0.3) is 5.91 Å². The van der Waals surface area contributed by atoms with E-state index in [1.165, 1.54) is 11.1 Å². The predicted molar refractivity (Wildman–Crippen MR) is 131 cm³/mol. The maximum atomic E-state index is 13.1. The number of fused-ring (bicyclic) bond motifs is 1. The van der Waals surface area contributed by atoms with Gasteiger partial charge in [-0.15, -0.1) is 0 Å². The Bertz CT molecular complexity index is 936. The Labute approximate surface area is 202 Å². The number of β-amino-alcohol motifs (C(OH)–C–C–N with tert-alkyl or cyclic N) is 2. The molecule has 184 valence electrons. The standard InChI is InChI=1S/C27H37N3O4/c31-15-14-30(20-26(33)19-29-13-11-22-4-1-2-5-24(22)17-29)27(34)23-9-7-21(8-10-23)16-28-12-3-6-25(32)18-28/h1-2,4-5,7-10,25-26,31-33H,3,6,11-20H2. The lowest BCUT2D eigenvalue weighted by molar-refractivity contribution is 0.0466. The molecular formula is C27H37N3O4. The molecule has 2 atom stereocenters. The van der Waals surface area contributed by atoms with Gasteiger partial charge in [0.05, 0.1) is 18.8 Å². The second-order valence-electron chi connectivity index (χ2n) is 9.61. The number of rotatable bonds is 9. The minimum absolute atomic E-state index is 0.148. The van der Waals surface area contributed by atoms with E-state index >= 15 is 0 Å². The van der Waals surface area contributed by atoms with Crippen molar-refractivity contribution in [2.24, 2.45) is 0 Å². The molecule has 0 bridgehead atoms. The van der Waals surface area contributed by atoms with Gasteiger partial charge in [-0.3, -0.25) is 14.6 Å². The Kier molecular flexibility index (Phi) is 8.69. The third-order valence-electron chi connectivity index (χ3n) is 6.85. The van der Waals surface area contributed by atoms with Crippen LogP contribution in [0.1, 0.15) is 39.9 Å². The first kappa shape index (κ1) is 24.8. The Balaban J connectivity index is 1.31. The zero-order chi connectivity index (χ0) is 23.9. The number of hydrogen-bond acceptors (Lipinski definition) is 6. The molecule has 0 radical (unpaired) electrons. The highest BCUT2D eigenvalue weighted by atomic mass is 16.3. The van der Waals surface area contributed by atoms with Crippen molar-refractivity contribution in [3.05, 3.63) is 70.8 Å². The maximum Gasteiger partial charge on any atom is 0.254 e. The molecular weight excluding hydrogens is 430 g/mol. The van der Waals surface area contributed by atoms with Gasteiger partial charge in [-0.2, -0.15) is 0 Å². The molecule has 7 heteroatoms. The molecule has 0 aromatic heterocycles. The fourth-order valence-corrected chi connectivity index (χ4v) is 5.08. The van der Waals surface area contributed by atoms with Gasteiger partial charge in [-0.05, 0) is 54.6 Å². The van der Waals surface area contributed by atoms with Crippen LogP contribution in [-0.2, 0) is 19.5 Å². The zero-order valence-corrected chi connectivity index (χ0v) is 19.9. The number of carbonyl (C=O) groups excluding carboxylic acids is 1. The fraction of sp³-hybridized carbons (Fsp3) is 0.519. The van der Waals surface area contributed by atoms with E-state index < -0.39 is 6.10 Å². The van der Waals surface area contributed by atoms with Gasteiger partial charge in [-0.25, -0.2) is 0 Å². The van der Waals surface area contributed by atoms with Crippen molar-refractivity contribution in [2.45, 2.75) is 44.6 Å². The Morgan fingerprint density at radius 3 is 2.56 bits per heavy atom. The monoisotopic (exact) mass is 467 g/mol. The van der Waals surface area contributed by atoms with E-state index in [2.05, 4.69) is 28.0 Å². The Morgan fingerprint density at radius 1 is 1.06 bits per heavy atom. The summed E-state index contributed by atoms with van der Waals surface area (Å²) in [7, 11) is 0. The Hall–Kier alpha value is -2.29. The lowest BCUT2D eigenvalue weighted by Crippen LogP contribution is -2.44. The summed E-state index contributed by atoms with van der Waals surface area (Å²) in [5, 5.41) is 30.1. The number of aliphatic hydroxyl groups is 3. The molecule has 2 aromatic rings. The molecule has 7 nitrogen and oxygen atoms in total. The number of aliphatic hydroxyl groups excluding tert-OH is 3. The van der Waals surface area contributed by atoms with Crippen LogP contribution in [0.25, 0.3) is 0 Å². The van der Waals surface area contributed by atoms with Crippen LogP contribution in [0.5, 0.6) is 0 Å². The smallest absolute Gasteiger partial charge is 0.254 e. The number of likely N-dealkylation sites (tertiary alicyclic amines) is 1. The van der Waals surface area contributed by atoms with E-state index in [4.69, 9.17) is 0 Å². The number of nitrogens with zero attached hydrogens (tertiary/aromatic N) is 3. The van der Waals surface area contributed by atoms with Crippen LogP contribution in [0, 0.1) is 0 Å². The summed E-state index contributed by atoms with van der Waals surface area (Å²) in [6.07, 6.45) is 1.88. The van der Waals surface area contributed by atoms with Gasteiger partial charge >= 0.3 is 0 Å². The fourth-order valence-electron chi connectivity index (χ4n) is 5.08. The molecule has 34 heavy (non-hydrogen) atoms. The molecule has 2 unspecified atom stereocenters. The molecule has 2 aliphatic heterocycles. The second-order valence-corrected chi connectivity index (χ2v) is 9.61. The quantitative estimate of drug-likeness (QED) is 0.518. The Morgan fingerprint density at radius 2 is 1.82 bits per heavy atom. The number of hydrogen-bond donors (Lipinski definition) is 3. The molecule has 2 aromatic carbocycles. The van der Waals surface area contributed by atoms with Crippen molar-refractivity contribution in [2.75, 3.05) is 45.9 Å². The van der Waals surface area contributed by atoms with E-state index in [1.54, 1.807) is 4.90 Å². The van der Waals surface area contributed by atoms with Gasteiger partial charge in [-0.1, -0.05) is 36.4 Å². The minimum Gasteiger partial charge on any atom is -0.395 e. The SMILES string of the molecule is O=C(c1ccc(CN2CCCC(O)C2)cc1)N(CCO)CC(O)CN1CCc2ccccc2C1. The maximum absolute atomic E-state index is 13.1. The van der Waals surface area contributed by atoms with Crippen molar-refractivity contribution in [1.29, 1.82) is 0 Å². The van der Waals surface area contributed by atoms with Crippen LogP contribution in [0.4, 0.5) is 0 Å². The summed E-state index contributed by atoms with van der Waals surface area (Å²) in [5.41, 5.74) is 4.31. The van der Waals surface area contributed by atoms with Crippen LogP contribution in [0.3, 0.4) is 0 Å². The summed E-state index contributed by atoms with van der Waals surface area (Å²) in [4.78, 5) is 19.1. The van der Waals surface area contributed by atoms with Gasteiger partial charge in [0, 0.05) is 51.4 Å². The van der Waals surface area contributed by atoms with Crippen LogP contribution in [0.2, 0.25) is 0 Å². The summed E-state index contributed by atoms with van der Waals surface area (Å²) in [6, 6.07) is 15.9. The highest BCUT2D eigenvalue weighted by molar-refractivity contribution is 5.94. The van der Waals surface area contributed by atoms with Crippen molar-refractivity contribution in [1.82, 2.24) is 14.7 Å². The largest absolute Gasteiger partial charge is 0.395 e. The third-order valence-corrected chi connectivity index (χ3v) is 6.85. The lowest BCUT2D eigenvalue weighted by atomic mass is 10.00. The zero-order valence-electron chi connectivity index (χ0n) is 19.9. The normalized spacial score (nSPS) is 20.0. The van der Waals surface area contributed by atoms with Crippen LogP contribution in [0.15, 0.2) is 48.5 Å². The number of benzene rings is 2. The van der Waals surface area contributed by atoms with E-state index in [9.17, 15) is 20.1 Å². The molecule has 1 saturated heterocycles. The molecule has 0 aliphatic carbocycles. The first-order valence-corrected chi connectivity index (χ1v) is 12.4. The average Bonchev–Trinajstić information content (AvgIpc) is 2.84. The second kappa shape index (κ2) is 11.9. The molecule has 3 N–H and O–H groups in total. The van der Waals surface area contributed by atoms with Gasteiger partial charge < -0.3 is 20.2 Å². The van der Waals surface area contributed by atoms with Crippen LogP contribution < -0.4 is 0 Å². The molecule has 1 amide bonds. The van der Waals surface area contributed by atoms with E-state index in [-0.39, 0.29) is 31.7 Å². The number of amides is 1. The molecule has 4 rings (SSSR count). The molecule has 0 spiro atoms. The summed E-state index contributed by atoms with van der Waals surface area (Å²) in [5.74, 6) is -0.183. The highest BCUT2D eigenvalue weighted by Crippen LogP contribution is 2.19. The van der Waals surface area contributed by atoms with E-state index in [0.717, 1.165) is 51.0 Å². The van der Waals surface area contributed by atoms with Crippen LogP contribution >= 0.6 is 0 Å². The number of piperidine rings is 1. The minimum atomic E-state index is -0.689. The molecule has 0 saturated carbocycles. The van der Waals surface area contributed by atoms with E-state index in [0.29, 0.717) is 18.7 Å². The van der Waals surface area contributed by atoms with Crippen molar-refractivity contribution < 1.29 is 20.1 Å². The van der Waals surface area contributed by atoms with Crippen LogP contribution in [-0.4, -0.2) is 94.0 Å². The van der Waals surface area contributed by atoms with E-state index in [1.807, 2.05) is 30.3 Å². The van der Waals surface area contributed by atoms with Crippen molar-refractivity contribution >= 4 is 5.91 Å². The van der Waals surface area contributed by atoms with Crippen molar-refractivity contribution in [3.8, 4) is 0 Å². The first-order chi connectivity index (χ1) is 16.5. The van der Waals surface area contributed by atoms with Gasteiger partial charge in [0.15, 0.2) is 0 Å². The summed E-state index contributed by atoms with van der Waals surface area (Å²) < 4.78 is 0. The topological polar surface area (TPSA) is 87.5 Å². The third kappa shape index (κ3) is 6.64. The summed E-state index contributed by atoms with van der Waals surface area (Å²) in [6.45, 7) is 4.82. The average molecular weight is 468 g/mol. The van der Waals surface area contributed by atoms with Gasteiger partial charge in [0.1, 0.15) is 0 Å².